The molecule has 4 heterocycles. The Balaban J connectivity index is 1.42. The van der Waals surface area contributed by atoms with E-state index in [1.54, 1.807) is 29.1 Å². The molecule has 3 aromatic heterocycles. The Kier molecular flexibility index (Phi) is 6.10. The fraction of sp³-hybridized carbons (Fsp3) is 0.280. The van der Waals surface area contributed by atoms with Gasteiger partial charge in [0.2, 0.25) is 0 Å². The zero-order chi connectivity index (χ0) is 22.6. The largest absolute Gasteiger partial charge is 0.381 e. The molecule has 1 N–H and O–H groups in total. The minimum Gasteiger partial charge on any atom is -0.381 e. The molecule has 0 saturated carbocycles. The molecule has 1 aliphatic heterocycles. The van der Waals surface area contributed by atoms with E-state index in [-0.39, 0.29) is 11.6 Å². The van der Waals surface area contributed by atoms with Crippen molar-refractivity contribution in [2.24, 2.45) is 0 Å². The van der Waals surface area contributed by atoms with Gasteiger partial charge in [0, 0.05) is 55.3 Å². The minimum absolute atomic E-state index is 0.0182. The summed E-state index contributed by atoms with van der Waals surface area (Å²) < 4.78 is 12.8. The highest BCUT2D eigenvalue weighted by Gasteiger charge is 2.18. The Hall–Kier alpha value is -3.62. The molecule has 1 fully saturated rings. The zero-order valence-electron chi connectivity index (χ0n) is 18.4. The molecule has 1 aromatic carbocycles. The second-order valence-electron chi connectivity index (χ2n) is 8.10. The molecule has 168 valence electrons. The van der Waals surface area contributed by atoms with Gasteiger partial charge in [-0.05, 0) is 31.5 Å². The van der Waals surface area contributed by atoms with E-state index in [1.807, 2.05) is 31.4 Å². The first kappa shape index (κ1) is 21.2. The first-order valence-corrected chi connectivity index (χ1v) is 11.0. The van der Waals surface area contributed by atoms with Gasteiger partial charge in [0.15, 0.2) is 5.76 Å². The zero-order valence-corrected chi connectivity index (χ0v) is 18.4. The van der Waals surface area contributed by atoms with Gasteiger partial charge < -0.3 is 19.1 Å². The first-order chi connectivity index (χ1) is 16.2. The van der Waals surface area contributed by atoms with E-state index in [0.717, 1.165) is 36.2 Å². The van der Waals surface area contributed by atoms with Gasteiger partial charge in [-0.1, -0.05) is 29.4 Å². The van der Waals surface area contributed by atoms with Crippen LogP contribution < -0.4 is 10.9 Å². The van der Waals surface area contributed by atoms with Crippen molar-refractivity contribution in [1.29, 1.82) is 0 Å². The smallest absolute Gasteiger partial charge is 0.250 e. The number of benzene rings is 1. The summed E-state index contributed by atoms with van der Waals surface area (Å²) >= 11 is 0. The fourth-order valence-electron chi connectivity index (χ4n) is 4.06. The average Bonchev–Trinajstić information content (AvgIpc) is 3.36. The maximum atomic E-state index is 12.4. The molecular weight excluding hydrogens is 418 g/mol. The second kappa shape index (κ2) is 9.48. The Morgan fingerprint density at radius 2 is 1.76 bits per heavy atom. The van der Waals surface area contributed by atoms with Crippen molar-refractivity contribution >= 4 is 0 Å². The molecule has 1 aliphatic rings. The maximum absolute atomic E-state index is 12.4. The van der Waals surface area contributed by atoms with Gasteiger partial charge in [0.25, 0.3) is 5.56 Å². The van der Waals surface area contributed by atoms with E-state index in [0.29, 0.717) is 30.4 Å². The maximum Gasteiger partial charge on any atom is 0.250 e. The summed E-state index contributed by atoms with van der Waals surface area (Å²) in [5, 5.41) is 7.35. The van der Waals surface area contributed by atoms with Gasteiger partial charge in [-0.2, -0.15) is 0 Å². The number of nitrogens with zero attached hydrogens (tertiary/aromatic N) is 4. The molecule has 8 nitrogen and oxygen atoms in total. The number of hydrogen-bond acceptors (Lipinski definition) is 7. The lowest BCUT2D eigenvalue weighted by atomic mass is 10.1. The van der Waals surface area contributed by atoms with Gasteiger partial charge in [-0.15, -0.1) is 0 Å². The molecule has 1 saturated heterocycles. The van der Waals surface area contributed by atoms with Crippen LogP contribution in [0.2, 0.25) is 0 Å². The number of nitrogens with one attached hydrogen (secondary N) is 1. The average molecular weight is 444 g/mol. The number of hydrogen-bond donors (Lipinski definition) is 1. The third-order valence-electron chi connectivity index (χ3n) is 5.85. The van der Waals surface area contributed by atoms with Crippen LogP contribution in [0.15, 0.2) is 70.4 Å². The van der Waals surface area contributed by atoms with Crippen LogP contribution in [0.4, 0.5) is 0 Å². The van der Waals surface area contributed by atoms with Crippen molar-refractivity contribution in [2.75, 3.05) is 20.3 Å². The van der Waals surface area contributed by atoms with Crippen molar-refractivity contribution in [3.63, 3.8) is 0 Å². The molecular formula is C25H25N5O3. The molecule has 0 bridgehead atoms. The van der Waals surface area contributed by atoms with Crippen LogP contribution in [-0.4, -0.2) is 40.0 Å². The molecule has 5 rings (SSSR count). The second-order valence-corrected chi connectivity index (χ2v) is 8.10. The molecule has 0 spiro atoms. The SMILES string of the molecule is CNCc1ccc(-c2cc(-c3cncc(-c4ccc(=O)n(C5CCOCC5)c4)n3)on2)cc1. The predicted octanol–water partition coefficient (Wildman–Crippen LogP) is 3.70. The fourth-order valence-corrected chi connectivity index (χ4v) is 4.06. The van der Waals surface area contributed by atoms with E-state index in [9.17, 15) is 4.79 Å². The van der Waals surface area contributed by atoms with E-state index in [1.165, 1.54) is 5.56 Å². The van der Waals surface area contributed by atoms with Crippen LogP contribution in [0.25, 0.3) is 34.0 Å². The number of ether oxygens (including phenoxy) is 1. The van der Waals surface area contributed by atoms with Crippen LogP contribution in [0.5, 0.6) is 0 Å². The van der Waals surface area contributed by atoms with Gasteiger partial charge in [-0.3, -0.25) is 9.78 Å². The van der Waals surface area contributed by atoms with Crippen molar-refractivity contribution in [1.82, 2.24) is 25.0 Å². The summed E-state index contributed by atoms with van der Waals surface area (Å²) in [5.74, 6) is 0.538. The highest BCUT2D eigenvalue weighted by molar-refractivity contribution is 5.66. The topological polar surface area (TPSA) is 95.1 Å². The summed E-state index contributed by atoms with van der Waals surface area (Å²) in [6.07, 6.45) is 6.86. The van der Waals surface area contributed by atoms with Crippen LogP contribution in [0, 0.1) is 0 Å². The molecule has 0 aliphatic carbocycles. The third kappa shape index (κ3) is 4.62. The van der Waals surface area contributed by atoms with E-state index in [2.05, 4.69) is 27.6 Å². The van der Waals surface area contributed by atoms with E-state index >= 15 is 0 Å². The highest BCUT2D eigenvalue weighted by Crippen LogP contribution is 2.27. The van der Waals surface area contributed by atoms with Gasteiger partial charge in [0.05, 0.1) is 18.1 Å². The van der Waals surface area contributed by atoms with E-state index in [4.69, 9.17) is 14.2 Å². The van der Waals surface area contributed by atoms with Crippen molar-refractivity contribution in [3.05, 3.63) is 77.0 Å². The Morgan fingerprint density at radius 3 is 2.55 bits per heavy atom. The lowest BCUT2D eigenvalue weighted by molar-refractivity contribution is 0.0687. The summed E-state index contributed by atoms with van der Waals surface area (Å²) in [4.78, 5) is 21.5. The summed E-state index contributed by atoms with van der Waals surface area (Å²) in [6, 6.07) is 13.5. The van der Waals surface area contributed by atoms with Crippen molar-refractivity contribution < 1.29 is 9.26 Å². The Morgan fingerprint density at radius 1 is 1.00 bits per heavy atom. The molecule has 8 heteroatoms. The lowest BCUT2D eigenvalue weighted by Gasteiger charge is -2.24. The van der Waals surface area contributed by atoms with Crippen LogP contribution in [-0.2, 0) is 11.3 Å². The predicted molar refractivity (Wildman–Crippen MR) is 125 cm³/mol. The Bertz CT molecular complexity index is 1290. The molecule has 4 aromatic rings. The first-order valence-electron chi connectivity index (χ1n) is 11.0. The quantitative estimate of drug-likeness (QED) is 0.485. The standard InChI is InChI=1S/C25H25N5O3/c1-26-13-17-2-4-18(5-3-17)21-12-24(33-29-21)23-15-27-14-22(28-23)19-6-7-25(31)30(16-19)20-8-10-32-11-9-20/h2-7,12,14-16,20,26H,8-11,13H2,1H3. The number of aromatic nitrogens is 4. The third-order valence-corrected chi connectivity index (χ3v) is 5.85. The minimum atomic E-state index is -0.0182. The number of pyridine rings is 1. The summed E-state index contributed by atoms with van der Waals surface area (Å²) in [6.45, 7) is 2.15. The summed E-state index contributed by atoms with van der Waals surface area (Å²) in [5.41, 5.74) is 4.97. The van der Waals surface area contributed by atoms with Gasteiger partial charge in [0.1, 0.15) is 11.4 Å². The lowest BCUT2D eigenvalue weighted by Crippen LogP contribution is -2.28. The molecule has 0 unspecified atom stereocenters. The van der Waals surface area contributed by atoms with Crippen molar-refractivity contribution in [2.45, 2.75) is 25.4 Å². The number of rotatable bonds is 6. The molecule has 0 amide bonds. The van der Waals surface area contributed by atoms with Crippen LogP contribution in [0.3, 0.4) is 0 Å². The van der Waals surface area contributed by atoms with Gasteiger partial charge in [-0.25, -0.2) is 4.98 Å². The monoisotopic (exact) mass is 443 g/mol. The normalized spacial score (nSPS) is 14.5. The molecule has 33 heavy (non-hydrogen) atoms. The Labute approximate surface area is 191 Å². The van der Waals surface area contributed by atoms with Crippen LogP contribution >= 0.6 is 0 Å². The van der Waals surface area contributed by atoms with Gasteiger partial charge >= 0.3 is 0 Å². The summed E-state index contributed by atoms with van der Waals surface area (Å²) in [7, 11) is 1.92. The highest BCUT2D eigenvalue weighted by atomic mass is 16.5. The molecule has 0 radical (unpaired) electrons. The van der Waals surface area contributed by atoms with Crippen LogP contribution in [0.1, 0.15) is 24.4 Å². The van der Waals surface area contributed by atoms with Crippen molar-refractivity contribution in [3.8, 4) is 34.0 Å². The molecule has 0 atom stereocenters. The van der Waals surface area contributed by atoms with E-state index < -0.39 is 0 Å².